The van der Waals surface area contributed by atoms with Gasteiger partial charge in [0.2, 0.25) is 5.91 Å². The Hall–Kier alpha value is -2.57. The maximum atomic E-state index is 12.4. The van der Waals surface area contributed by atoms with E-state index >= 15 is 0 Å². The number of ether oxygens (including phenoxy) is 3. The van der Waals surface area contributed by atoms with Gasteiger partial charge in [0.05, 0.1) is 25.5 Å². The number of hydrogen-bond acceptors (Lipinski definition) is 6. The molecule has 1 aromatic carbocycles. The van der Waals surface area contributed by atoms with E-state index in [0.717, 1.165) is 25.7 Å². The van der Waals surface area contributed by atoms with Gasteiger partial charge in [-0.2, -0.15) is 0 Å². The van der Waals surface area contributed by atoms with Gasteiger partial charge in [0.15, 0.2) is 17.3 Å². The second-order valence-corrected chi connectivity index (χ2v) is 6.00. The second kappa shape index (κ2) is 8.50. The Balaban J connectivity index is 2.31. The van der Waals surface area contributed by atoms with Crippen molar-refractivity contribution < 1.29 is 28.6 Å². The van der Waals surface area contributed by atoms with Crippen molar-refractivity contribution in [3.05, 3.63) is 17.7 Å². The highest BCUT2D eigenvalue weighted by molar-refractivity contribution is 6.03. The molecule has 2 rings (SSSR count). The maximum Gasteiger partial charge on any atom is 0.340 e. The molecule has 0 unspecified atom stereocenters. The smallest absolute Gasteiger partial charge is 0.340 e. The van der Waals surface area contributed by atoms with Gasteiger partial charge in [-0.15, -0.1) is 0 Å². The van der Waals surface area contributed by atoms with Crippen molar-refractivity contribution in [2.75, 3.05) is 26.1 Å². The molecule has 1 aromatic rings. The quantitative estimate of drug-likeness (QED) is 0.761. The molecule has 1 amide bonds. The number of Topliss-reactive ketones (excluding diaryl/α,β-unsaturated/α-hetero) is 1. The lowest BCUT2D eigenvalue weighted by atomic mass is 10.1. The number of ketones is 1. The number of rotatable bonds is 7. The lowest BCUT2D eigenvalue weighted by Gasteiger charge is -2.16. The fourth-order valence-corrected chi connectivity index (χ4v) is 2.82. The first kappa shape index (κ1) is 18.8. The zero-order valence-electron chi connectivity index (χ0n) is 14.7. The molecule has 0 aromatic heterocycles. The molecular weight excluding hydrogens is 326 g/mol. The monoisotopic (exact) mass is 349 g/mol. The first-order chi connectivity index (χ1) is 12.0. The average molecular weight is 349 g/mol. The molecule has 1 fully saturated rings. The van der Waals surface area contributed by atoms with Crippen LogP contribution in [0.2, 0.25) is 0 Å². The first-order valence-corrected chi connectivity index (χ1v) is 8.19. The minimum absolute atomic E-state index is 0.0609. The van der Waals surface area contributed by atoms with E-state index in [2.05, 4.69) is 5.32 Å². The first-order valence-electron chi connectivity index (χ1n) is 8.19. The second-order valence-electron chi connectivity index (χ2n) is 6.00. The summed E-state index contributed by atoms with van der Waals surface area (Å²) in [6.45, 7) is 0.994. The Kier molecular flexibility index (Phi) is 6.38. The van der Waals surface area contributed by atoms with E-state index in [0.29, 0.717) is 11.5 Å². The van der Waals surface area contributed by atoms with E-state index in [1.807, 2.05) is 0 Å². The zero-order chi connectivity index (χ0) is 18.4. The van der Waals surface area contributed by atoms with Crippen LogP contribution in [0.1, 0.15) is 43.0 Å². The number of nitrogens with one attached hydrogen (secondary N) is 1. The van der Waals surface area contributed by atoms with Crippen molar-refractivity contribution >= 4 is 23.3 Å². The summed E-state index contributed by atoms with van der Waals surface area (Å²) in [5.74, 6) is -0.466. The van der Waals surface area contributed by atoms with E-state index in [1.54, 1.807) is 0 Å². The van der Waals surface area contributed by atoms with Crippen LogP contribution in [0.5, 0.6) is 11.5 Å². The molecule has 0 atom stereocenters. The zero-order valence-corrected chi connectivity index (χ0v) is 14.7. The van der Waals surface area contributed by atoms with Crippen molar-refractivity contribution in [2.24, 2.45) is 5.92 Å². The Morgan fingerprint density at radius 2 is 1.68 bits per heavy atom. The van der Waals surface area contributed by atoms with Crippen LogP contribution >= 0.6 is 0 Å². The van der Waals surface area contributed by atoms with Crippen molar-refractivity contribution in [1.29, 1.82) is 0 Å². The molecule has 136 valence electrons. The van der Waals surface area contributed by atoms with Crippen LogP contribution in [0, 0.1) is 5.92 Å². The Morgan fingerprint density at radius 3 is 2.24 bits per heavy atom. The summed E-state index contributed by atoms with van der Waals surface area (Å²) in [7, 11) is 2.91. The number of methoxy groups -OCH3 is 2. The molecule has 1 aliphatic rings. The number of benzene rings is 1. The third-order valence-electron chi connectivity index (χ3n) is 4.13. The van der Waals surface area contributed by atoms with Crippen LogP contribution in [-0.4, -0.2) is 38.5 Å². The van der Waals surface area contributed by atoms with Gasteiger partial charge in [-0.05, 0) is 19.8 Å². The Bertz CT molecular complexity index is 664. The molecule has 1 N–H and O–H groups in total. The Labute approximate surface area is 146 Å². The van der Waals surface area contributed by atoms with Crippen molar-refractivity contribution in [3.63, 3.8) is 0 Å². The van der Waals surface area contributed by atoms with Crippen LogP contribution in [0.15, 0.2) is 12.1 Å². The molecule has 0 saturated heterocycles. The van der Waals surface area contributed by atoms with Gasteiger partial charge >= 0.3 is 5.97 Å². The molecular formula is C18H23NO6. The summed E-state index contributed by atoms with van der Waals surface area (Å²) >= 11 is 0. The van der Waals surface area contributed by atoms with Gasteiger partial charge in [0.1, 0.15) is 6.61 Å². The largest absolute Gasteiger partial charge is 0.493 e. The van der Waals surface area contributed by atoms with Gasteiger partial charge in [0.25, 0.3) is 0 Å². The SMILES string of the molecule is COc1cc(NC(=O)C2CCCC2)c(C(=O)OCC(C)=O)cc1OC. The predicted molar refractivity (Wildman–Crippen MR) is 91.1 cm³/mol. The molecule has 0 radical (unpaired) electrons. The molecule has 0 spiro atoms. The average Bonchev–Trinajstić information content (AvgIpc) is 3.13. The van der Waals surface area contributed by atoms with E-state index in [1.165, 1.54) is 33.3 Å². The summed E-state index contributed by atoms with van der Waals surface area (Å²) in [6.07, 6.45) is 3.72. The standard InChI is InChI=1S/C18H23NO6/c1-11(20)10-25-18(22)13-8-15(23-2)16(24-3)9-14(13)19-17(21)12-6-4-5-7-12/h8-9,12H,4-7,10H2,1-3H3,(H,19,21). The van der Waals surface area contributed by atoms with Crippen molar-refractivity contribution in [1.82, 2.24) is 0 Å². The third kappa shape index (κ3) is 4.71. The fourth-order valence-electron chi connectivity index (χ4n) is 2.82. The molecule has 0 bridgehead atoms. The maximum absolute atomic E-state index is 12.4. The van der Waals surface area contributed by atoms with Crippen LogP contribution in [0.4, 0.5) is 5.69 Å². The van der Waals surface area contributed by atoms with Crippen molar-refractivity contribution in [3.8, 4) is 11.5 Å². The minimum atomic E-state index is -0.710. The molecule has 7 heteroatoms. The highest BCUT2D eigenvalue weighted by Crippen LogP contribution is 2.35. The van der Waals surface area contributed by atoms with E-state index in [4.69, 9.17) is 14.2 Å². The van der Waals surface area contributed by atoms with Gasteiger partial charge < -0.3 is 19.5 Å². The predicted octanol–water partition coefficient (Wildman–Crippen LogP) is 2.58. The lowest BCUT2D eigenvalue weighted by Crippen LogP contribution is -2.22. The van der Waals surface area contributed by atoms with Gasteiger partial charge in [-0.3, -0.25) is 9.59 Å². The number of amides is 1. The van der Waals surface area contributed by atoms with E-state index in [-0.39, 0.29) is 35.5 Å². The third-order valence-corrected chi connectivity index (χ3v) is 4.13. The number of esters is 1. The van der Waals surface area contributed by atoms with Gasteiger partial charge in [-0.25, -0.2) is 4.79 Å². The molecule has 25 heavy (non-hydrogen) atoms. The van der Waals surface area contributed by atoms with Crippen LogP contribution < -0.4 is 14.8 Å². The minimum Gasteiger partial charge on any atom is -0.493 e. The summed E-state index contributed by atoms with van der Waals surface area (Å²) in [5, 5.41) is 2.79. The number of carbonyl (C=O) groups is 3. The van der Waals surface area contributed by atoms with Crippen LogP contribution in [-0.2, 0) is 14.3 Å². The van der Waals surface area contributed by atoms with E-state index < -0.39 is 5.97 Å². The molecule has 1 aliphatic carbocycles. The number of carbonyl (C=O) groups excluding carboxylic acids is 3. The topological polar surface area (TPSA) is 90.9 Å². The Morgan fingerprint density at radius 1 is 1.08 bits per heavy atom. The molecule has 1 saturated carbocycles. The summed E-state index contributed by atoms with van der Waals surface area (Å²) in [4.78, 5) is 35.8. The van der Waals surface area contributed by atoms with Crippen LogP contribution in [0.25, 0.3) is 0 Å². The number of hydrogen-bond donors (Lipinski definition) is 1. The molecule has 0 heterocycles. The highest BCUT2D eigenvalue weighted by Gasteiger charge is 2.25. The van der Waals surface area contributed by atoms with Gasteiger partial charge in [-0.1, -0.05) is 12.8 Å². The summed E-state index contributed by atoms with van der Waals surface area (Å²) in [6, 6.07) is 2.96. The molecule has 0 aliphatic heterocycles. The molecule has 7 nitrogen and oxygen atoms in total. The van der Waals surface area contributed by atoms with Crippen molar-refractivity contribution in [2.45, 2.75) is 32.6 Å². The summed E-state index contributed by atoms with van der Waals surface area (Å²) < 4.78 is 15.4. The highest BCUT2D eigenvalue weighted by atomic mass is 16.5. The fraction of sp³-hybridized carbons (Fsp3) is 0.500. The normalized spacial score (nSPS) is 14.0. The lowest BCUT2D eigenvalue weighted by molar-refractivity contribution is -0.120. The van der Waals surface area contributed by atoms with E-state index in [9.17, 15) is 14.4 Å². The van der Waals surface area contributed by atoms with Crippen LogP contribution in [0.3, 0.4) is 0 Å². The van der Waals surface area contributed by atoms with Gasteiger partial charge in [0, 0.05) is 18.1 Å². The number of anilines is 1. The summed E-state index contributed by atoms with van der Waals surface area (Å²) in [5.41, 5.74) is 0.397.